The maximum Gasteiger partial charge on any atom is 0.707 e. The van der Waals surface area contributed by atoms with E-state index in [0.717, 1.165) is 11.1 Å². The van der Waals surface area contributed by atoms with Gasteiger partial charge < -0.3 is 24.5 Å². The first-order valence-corrected chi connectivity index (χ1v) is 9.75. The van der Waals surface area contributed by atoms with Crippen LogP contribution >= 0.6 is 0 Å². The normalized spacial score (nSPS) is 9.33. The van der Waals surface area contributed by atoms with Crippen LogP contribution in [-0.2, 0) is 0 Å². The summed E-state index contributed by atoms with van der Waals surface area (Å²) in [6.45, 7) is 3.84. The molecule has 0 aromatic heterocycles. The molecule has 0 saturated carbocycles. The van der Waals surface area contributed by atoms with Crippen molar-refractivity contribution in [2.75, 3.05) is 38.0 Å². The molecule has 5 nitrogen and oxygen atoms in total. The van der Waals surface area contributed by atoms with Gasteiger partial charge in [0.25, 0.3) is 0 Å². The third kappa shape index (κ3) is 10.6. The summed E-state index contributed by atoms with van der Waals surface area (Å²) in [5.41, 5.74) is 4.56. The monoisotopic (exact) mass is 408 g/mol. The van der Waals surface area contributed by atoms with Crippen LogP contribution in [0.1, 0.15) is 11.1 Å². The number of hydrogen-bond donors (Lipinski definition) is 2. The van der Waals surface area contributed by atoms with E-state index in [4.69, 9.17) is 10.0 Å². The minimum Gasteiger partial charge on any atom is -0.512 e. The van der Waals surface area contributed by atoms with Crippen LogP contribution < -0.4 is 14.5 Å². The van der Waals surface area contributed by atoms with Gasteiger partial charge in [-0.1, -0.05) is 42.5 Å². The zero-order chi connectivity index (χ0) is 22.5. The molecule has 0 saturated heterocycles. The first-order chi connectivity index (χ1) is 14.2. The first kappa shape index (κ1) is 25.1. The summed E-state index contributed by atoms with van der Waals surface area (Å²) in [6.07, 6.45) is 0. The van der Waals surface area contributed by atoms with E-state index in [-0.39, 0.29) is 0 Å². The Morgan fingerprint density at radius 1 is 0.633 bits per heavy atom. The van der Waals surface area contributed by atoms with Crippen molar-refractivity contribution < 1.29 is 14.7 Å². The second-order valence-corrected chi connectivity index (χ2v) is 7.23. The molecule has 0 bridgehead atoms. The molecule has 30 heavy (non-hydrogen) atoms. The Morgan fingerprint density at radius 3 is 1.27 bits per heavy atom. The van der Waals surface area contributed by atoms with Crippen molar-refractivity contribution in [1.82, 2.24) is 0 Å². The lowest BCUT2D eigenvalue weighted by atomic mass is 10.1. The van der Waals surface area contributed by atoms with Crippen LogP contribution in [0.25, 0.3) is 0 Å². The van der Waals surface area contributed by atoms with Crippen molar-refractivity contribution in [2.45, 2.75) is 13.8 Å². The summed E-state index contributed by atoms with van der Waals surface area (Å²) in [7, 11) is 6.40. The van der Waals surface area contributed by atoms with Gasteiger partial charge in [0, 0.05) is 39.6 Å². The highest BCUT2D eigenvalue weighted by molar-refractivity contribution is 6.33. The van der Waals surface area contributed by atoms with Crippen LogP contribution in [0.15, 0.2) is 78.9 Å². The summed E-state index contributed by atoms with van der Waals surface area (Å²) in [5.74, 6) is 0.475. The Labute approximate surface area is 181 Å². The van der Waals surface area contributed by atoms with E-state index in [1.54, 1.807) is 12.1 Å². The largest absolute Gasteiger partial charge is 0.707 e. The van der Waals surface area contributed by atoms with E-state index in [1.807, 2.05) is 84.5 Å². The lowest BCUT2D eigenvalue weighted by molar-refractivity contribution is 0.288. The SMILES string of the molecule is CN(C)c1ccccc1.CN(C)c1ccccc1.Cc1cc(C)cc(OB(O)O)c1. The van der Waals surface area contributed by atoms with Gasteiger partial charge >= 0.3 is 7.32 Å². The lowest BCUT2D eigenvalue weighted by Crippen LogP contribution is -2.20. The third-order valence-corrected chi connectivity index (χ3v) is 3.98. The minimum atomic E-state index is -1.74. The van der Waals surface area contributed by atoms with Crippen LogP contribution in [0.3, 0.4) is 0 Å². The van der Waals surface area contributed by atoms with E-state index < -0.39 is 7.32 Å². The molecule has 0 aliphatic rings. The molecule has 3 aromatic rings. The summed E-state index contributed by atoms with van der Waals surface area (Å²) >= 11 is 0. The predicted octanol–water partition coefficient (Wildman–Crippen LogP) is 4.16. The van der Waals surface area contributed by atoms with Crippen LogP contribution in [0.2, 0.25) is 0 Å². The fraction of sp³-hybridized carbons (Fsp3) is 0.250. The molecule has 0 aliphatic heterocycles. The Balaban J connectivity index is 0.000000229. The molecule has 0 amide bonds. The Morgan fingerprint density at radius 2 is 1.00 bits per heavy atom. The highest BCUT2D eigenvalue weighted by atomic mass is 16.6. The molecule has 0 radical (unpaired) electrons. The van der Waals surface area contributed by atoms with Gasteiger partial charge in [0.2, 0.25) is 0 Å². The van der Waals surface area contributed by atoms with E-state index in [1.165, 1.54) is 11.4 Å². The van der Waals surface area contributed by atoms with Gasteiger partial charge in [-0.2, -0.15) is 0 Å². The number of para-hydroxylation sites is 2. The van der Waals surface area contributed by atoms with Crippen LogP contribution in [0, 0.1) is 13.8 Å². The lowest BCUT2D eigenvalue weighted by Gasteiger charge is -2.10. The summed E-state index contributed by atoms with van der Waals surface area (Å²) in [4.78, 5) is 4.17. The van der Waals surface area contributed by atoms with E-state index >= 15 is 0 Å². The molecule has 0 spiro atoms. The highest BCUT2D eigenvalue weighted by Gasteiger charge is 2.10. The highest BCUT2D eigenvalue weighted by Crippen LogP contribution is 2.16. The van der Waals surface area contributed by atoms with Gasteiger partial charge in [0.15, 0.2) is 0 Å². The van der Waals surface area contributed by atoms with Crippen LogP contribution in [0.4, 0.5) is 11.4 Å². The fourth-order valence-corrected chi connectivity index (χ4v) is 2.57. The van der Waals surface area contributed by atoms with Gasteiger partial charge in [-0.05, 0) is 61.4 Å². The molecule has 3 aromatic carbocycles. The van der Waals surface area contributed by atoms with Crippen molar-refractivity contribution in [3.8, 4) is 5.75 Å². The van der Waals surface area contributed by atoms with Crippen LogP contribution in [0.5, 0.6) is 5.75 Å². The van der Waals surface area contributed by atoms with Gasteiger partial charge in [0.1, 0.15) is 5.75 Å². The fourth-order valence-electron chi connectivity index (χ4n) is 2.57. The topological polar surface area (TPSA) is 56.2 Å². The average molecular weight is 408 g/mol. The number of rotatable bonds is 4. The van der Waals surface area contributed by atoms with E-state index in [2.05, 4.69) is 38.7 Å². The average Bonchev–Trinajstić information content (AvgIpc) is 2.69. The quantitative estimate of drug-likeness (QED) is 0.635. The minimum absolute atomic E-state index is 0.475. The second kappa shape index (κ2) is 13.3. The van der Waals surface area contributed by atoms with Crippen molar-refractivity contribution >= 4 is 18.7 Å². The summed E-state index contributed by atoms with van der Waals surface area (Å²) in [6, 6.07) is 26.0. The molecule has 0 heterocycles. The number of anilines is 2. The Kier molecular flexibility index (Phi) is 11.1. The molecular formula is C24H33BN2O3. The smallest absolute Gasteiger partial charge is 0.512 e. The maximum absolute atomic E-state index is 8.52. The van der Waals surface area contributed by atoms with Crippen LogP contribution in [-0.4, -0.2) is 45.6 Å². The van der Waals surface area contributed by atoms with Gasteiger partial charge in [0.05, 0.1) is 0 Å². The molecule has 0 fully saturated rings. The number of benzene rings is 3. The zero-order valence-electron chi connectivity index (χ0n) is 18.8. The third-order valence-electron chi connectivity index (χ3n) is 3.98. The summed E-state index contributed by atoms with van der Waals surface area (Å²) in [5, 5.41) is 17.0. The standard InChI is InChI=1S/C8H11BO3.2C8H11N/c1-6-3-7(2)5-8(4-6)12-9(10)11;2*1-9(2)8-6-4-3-5-7-8/h3-5,10-11H,1-2H3;2*3-7H,1-2H3. The zero-order valence-corrected chi connectivity index (χ0v) is 18.8. The maximum atomic E-state index is 8.52. The number of nitrogens with zero attached hydrogens (tertiary/aromatic N) is 2. The van der Waals surface area contributed by atoms with E-state index in [9.17, 15) is 0 Å². The molecule has 6 heteroatoms. The molecule has 2 N–H and O–H groups in total. The second-order valence-electron chi connectivity index (χ2n) is 7.23. The Bertz CT molecular complexity index is 778. The Hall–Kier alpha value is -2.96. The summed E-state index contributed by atoms with van der Waals surface area (Å²) < 4.78 is 4.69. The number of aryl methyl sites for hydroxylation is 2. The molecule has 3 rings (SSSR count). The predicted molar refractivity (Wildman–Crippen MR) is 128 cm³/mol. The van der Waals surface area contributed by atoms with Crippen molar-refractivity contribution in [2.24, 2.45) is 0 Å². The molecule has 0 aliphatic carbocycles. The van der Waals surface area contributed by atoms with Gasteiger partial charge in [-0.15, -0.1) is 0 Å². The van der Waals surface area contributed by atoms with E-state index in [0.29, 0.717) is 5.75 Å². The molecular weight excluding hydrogens is 375 g/mol. The van der Waals surface area contributed by atoms with Crippen molar-refractivity contribution in [1.29, 1.82) is 0 Å². The molecule has 0 atom stereocenters. The number of hydrogen-bond acceptors (Lipinski definition) is 5. The van der Waals surface area contributed by atoms with Crippen molar-refractivity contribution in [3.05, 3.63) is 90.0 Å². The van der Waals surface area contributed by atoms with Crippen molar-refractivity contribution in [3.63, 3.8) is 0 Å². The molecule has 160 valence electrons. The van der Waals surface area contributed by atoms with Gasteiger partial charge in [-0.25, -0.2) is 0 Å². The first-order valence-electron chi connectivity index (χ1n) is 9.75. The van der Waals surface area contributed by atoms with Gasteiger partial charge in [-0.3, -0.25) is 0 Å². The molecule has 0 unspecified atom stereocenters.